The maximum atomic E-state index is 9.03. The summed E-state index contributed by atoms with van der Waals surface area (Å²) in [4.78, 5) is 7.02. The largest absolute Gasteiger partial charge is 0.391 e. The van der Waals surface area contributed by atoms with Crippen molar-refractivity contribution in [3.05, 3.63) is 22.7 Å². The number of halogens is 1. The quantitative estimate of drug-likeness (QED) is 0.812. The summed E-state index contributed by atoms with van der Waals surface area (Å²) < 4.78 is 0. The zero-order valence-electron chi connectivity index (χ0n) is 8.90. The average molecular weight is 247 g/mol. The molecule has 0 radical (unpaired) electrons. The van der Waals surface area contributed by atoms with E-state index in [1.165, 1.54) is 11.3 Å². The molecule has 5 heteroatoms. The number of hydrogen-bond donors (Lipinski definition) is 1. The number of rotatable bonds is 5. The molecule has 0 atom stereocenters. The van der Waals surface area contributed by atoms with Crippen LogP contribution < -0.4 is 4.90 Å². The number of anilines is 1. The van der Waals surface area contributed by atoms with Gasteiger partial charge in [0, 0.05) is 12.6 Å². The third-order valence-electron chi connectivity index (χ3n) is 1.98. The van der Waals surface area contributed by atoms with Crippen LogP contribution in [0.3, 0.4) is 0 Å². The molecule has 0 amide bonds. The van der Waals surface area contributed by atoms with Gasteiger partial charge in [0.05, 0.1) is 11.5 Å². The van der Waals surface area contributed by atoms with Gasteiger partial charge in [-0.1, -0.05) is 29.0 Å². The van der Waals surface area contributed by atoms with Gasteiger partial charge < -0.3 is 10.0 Å². The van der Waals surface area contributed by atoms with E-state index in [9.17, 15) is 0 Å². The van der Waals surface area contributed by atoms with Gasteiger partial charge in [-0.15, -0.1) is 6.58 Å². The van der Waals surface area contributed by atoms with Crippen LogP contribution >= 0.6 is 22.9 Å². The highest BCUT2D eigenvalue weighted by Gasteiger charge is 2.16. The number of nitrogens with zero attached hydrogens (tertiary/aromatic N) is 2. The number of aliphatic hydroxyl groups excluding tert-OH is 1. The first-order chi connectivity index (χ1) is 7.10. The highest BCUT2D eigenvalue weighted by molar-refractivity contribution is 7.16. The van der Waals surface area contributed by atoms with E-state index in [4.69, 9.17) is 16.7 Å². The molecule has 1 rings (SSSR count). The van der Waals surface area contributed by atoms with Crippen molar-refractivity contribution in [1.29, 1.82) is 0 Å². The molecule has 0 saturated heterocycles. The van der Waals surface area contributed by atoms with Crippen LogP contribution in [-0.2, 0) is 6.61 Å². The van der Waals surface area contributed by atoms with Crippen molar-refractivity contribution in [2.75, 3.05) is 11.4 Å². The molecule has 0 aromatic carbocycles. The van der Waals surface area contributed by atoms with Crippen molar-refractivity contribution >= 4 is 28.1 Å². The summed E-state index contributed by atoms with van der Waals surface area (Å²) in [6.07, 6.45) is 1.83. The minimum absolute atomic E-state index is 0.0590. The van der Waals surface area contributed by atoms with Crippen LogP contribution in [-0.4, -0.2) is 22.7 Å². The highest BCUT2D eigenvalue weighted by Crippen LogP contribution is 2.30. The van der Waals surface area contributed by atoms with Gasteiger partial charge in [0.15, 0.2) is 5.13 Å². The third-order valence-corrected chi connectivity index (χ3v) is 3.48. The molecular formula is C10H15ClN2OS. The van der Waals surface area contributed by atoms with Crippen LogP contribution in [0.1, 0.15) is 18.7 Å². The van der Waals surface area contributed by atoms with Gasteiger partial charge in [-0.25, -0.2) is 4.98 Å². The maximum Gasteiger partial charge on any atom is 0.187 e. The molecule has 0 unspecified atom stereocenters. The van der Waals surface area contributed by atoms with Crippen molar-refractivity contribution in [2.45, 2.75) is 26.5 Å². The smallest absolute Gasteiger partial charge is 0.187 e. The lowest BCUT2D eigenvalue weighted by atomic mass is 10.3. The van der Waals surface area contributed by atoms with Gasteiger partial charge in [0.2, 0.25) is 0 Å². The summed E-state index contributed by atoms with van der Waals surface area (Å²) in [5, 5.41) is 10.3. The van der Waals surface area contributed by atoms with Crippen molar-refractivity contribution in [1.82, 2.24) is 4.98 Å². The predicted molar refractivity (Wildman–Crippen MR) is 65.7 cm³/mol. The van der Waals surface area contributed by atoms with E-state index in [2.05, 4.69) is 30.3 Å². The fraction of sp³-hybridized carbons (Fsp3) is 0.500. The van der Waals surface area contributed by atoms with Gasteiger partial charge in [-0.3, -0.25) is 0 Å². The Labute approximate surface area is 99.0 Å². The molecular weight excluding hydrogens is 232 g/mol. The van der Waals surface area contributed by atoms with Gasteiger partial charge in [0.25, 0.3) is 0 Å². The highest BCUT2D eigenvalue weighted by atomic mass is 35.5. The second-order valence-corrected chi connectivity index (χ2v) is 4.82. The Balaban J connectivity index is 2.95. The minimum atomic E-state index is -0.0590. The van der Waals surface area contributed by atoms with Crippen molar-refractivity contribution in [2.24, 2.45) is 0 Å². The molecule has 1 aromatic heterocycles. The SMILES string of the molecule is C=CCN(c1nc(Cl)c(CO)s1)C(C)C. The van der Waals surface area contributed by atoms with E-state index in [-0.39, 0.29) is 6.61 Å². The van der Waals surface area contributed by atoms with E-state index in [1.54, 1.807) is 0 Å². The fourth-order valence-corrected chi connectivity index (χ4v) is 2.45. The summed E-state index contributed by atoms with van der Waals surface area (Å²) in [5.74, 6) is 0. The number of thiazole rings is 1. The van der Waals surface area contributed by atoms with Crippen LogP contribution in [0.15, 0.2) is 12.7 Å². The lowest BCUT2D eigenvalue weighted by molar-refractivity contribution is 0.285. The molecule has 0 aliphatic heterocycles. The first-order valence-corrected chi connectivity index (χ1v) is 5.93. The van der Waals surface area contributed by atoms with Crippen LogP contribution in [0.25, 0.3) is 0 Å². The second-order valence-electron chi connectivity index (χ2n) is 3.40. The van der Waals surface area contributed by atoms with Crippen LogP contribution in [0.5, 0.6) is 0 Å². The van der Waals surface area contributed by atoms with E-state index >= 15 is 0 Å². The number of aliphatic hydroxyl groups is 1. The van der Waals surface area contributed by atoms with Gasteiger partial charge in [-0.2, -0.15) is 0 Å². The molecule has 1 N–H and O–H groups in total. The molecule has 0 aliphatic rings. The summed E-state index contributed by atoms with van der Waals surface area (Å²) >= 11 is 7.30. The van der Waals surface area contributed by atoms with Crippen LogP contribution in [0.2, 0.25) is 5.15 Å². The monoisotopic (exact) mass is 246 g/mol. The normalized spacial score (nSPS) is 10.7. The van der Waals surface area contributed by atoms with Gasteiger partial charge in [0.1, 0.15) is 5.15 Å². The first kappa shape index (κ1) is 12.5. The van der Waals surface area contributed by atoms with Crippen LogP contribution in [0.4, 0.5) is 5.13 Å². The molecule has 0 bridgehead atoms. The Morgan fingerprint density at radius 1 is 1.67 bits per heavy atom. The van der Waals surface area contributed by atoms with Crippen molar-refractivity contribution in [3.8, 4) is 0 Å². The average Bonchev–Trinajstić information content (AvgIpc) is 2.55. The Hall–Kier alpha value is -0.580. The molecule has 0 aliphatic carbocycles. The molecule has 84 valence electrons. The molecule has 1 heterocycles. The van der Waals surface area contributed by atoms with E-state index in [1.807, 2.05) is 6.08 Å². The molecule has 1 aromatic rings. The maximum absolute atomic E-state index is 9.03. The summed E-state index contributed by atoms with van der Waals surface area (Å²) in [6, 6.07) is 0.330. The minimum Gasteiger partial charge on any atom is -0.391 e. The topological polar surface area (TPSA) is 36.4 Å². The van der Waals surface area contributed by atoms with E-state index in [0.717, 1.165) is 11.7 Å². The predicted octanol–water partition coefficient (Wildman–Crippen LogP) is 2.69. The zero-order chi connectivity index (χ0) is 11.4. The van der Waals surface area contributed by atoms with E-state index in [0.29, 0.717) is 16.1 Å². The molecule has 0 saturated carbocycles. The molecule has 15 heavy (non-hydrogen) atoms. The lowest BCUT2D eigenvalue weighted by Gasteiger charge is -2.24. The first-order valence-electron chi connectivity index (χ1n) is 4.73. The standard InChI is InChI=1S/C10H15ClN2OS/c1-4-5-13(7(2)3)10-12-9(11)8(6-14)15-10/h4,7,14H,1,5-6H2,2-3H3. The summed E-state index contributed by atoms with van der Waals surface area (Å²) in [6.45, 7) is 8.54. The Kier molecular flexibility index (Phi) is 4.57. The summed E-state index contributed by atoms with van der Waals surface area (Å²) in [7, 11) is 0. The molecule has 3 nitrogen and oxygen atoms in total. The van der Waals surface area contributed by atoms with E-state index < -0.39 is 0 Å². The Morgan fingerprint density at radius 3 is 2.73 bits per heavy atom. The van der Waals surface area contributed by atoms with Gasteiger partial charge in [-0.05, 0) is 13.8 Å². The number of aromatic nitrogens is 1. The number of hydrogen-bond acceptors (Lipinski definition) is 4. The zero-order valence-corrected chi connectivity index (χ0v) is 10.5. The second kappa shape index (κ2) is 5.49. The lowest BCUT2D eigenvalue weighted by Crippen LogP contribution is -2.30. The Morgan fingerprint density at radius 2 is 2.33 bits per heavy atom. The molecule has 0 spiro atoms. The molecule has 0 fully saturated rings. The summed E-state index contributed by atoms with van der Waals surface area (Å²) in [5.41, 5.74) is 0. The third kappa shape index (κ3) is 2.93. The van der Waals surface area contributed by atoms with Crippen LogP contribution in [0, 0.1) is 0 Å². The fourth-order valence-electron chi connectivity index (χ4n) is 1.19. The Bertz CT molecular complexity index is 338. The van der Waals surface area contributed by atoms with Gasteiger partial charge >= 0.3 is 0 Å². The van der Waals surface area contributed by atoms with Crippen molar-refractivity contribution < 1.29 is 5.11 Å². The van der Waals surface area contributed by atoms with Crippen molar-refractivity contribution in [3.63, 3.8) is 0 Å².